The van der Waals surface area contributed by atoms with E-state index < -0.39 is 64.8 Å². The maximum absolute atomic E-state index is 13.4. The van der Waals surface area contributed by atoms with Gasteiger partial charge in [-0.05, 0) is 48.9 Å². The van der Waals surface area contributed by atoms with Crippen molar-refractivity contribution in [1.82, 2.24) is 21.6 Å². The fourth-order valence-electron chi connectivity index (χ4n) is 5.37. The van der Waals surface area contributed by atoms with E-state index in [2.05, 4.69) is 31.2 Å². The SMILES string of the molecule is C[C@H](NC(=O)[C@H](Cc1ccccc1)NOCc1ccccc1)C(=O)C(=[N+]=[N-])C(=O)C(=[N+]=[N-])C(=O)[C@H](C)NC(=O)[C@H](Cc1ccccc1)NOCc1ccccc1. The number of hydrogen-bond donors (Lipinski definition) is 4. The highest BCUT2D eigenvalue weighted by Crippen LogP contribution is 2.08. The van der Waals surface area contributed by atoms with Crippen molar-refractivity contribution in [2.24, 2.45) is 0 Å². The third-order valence-corrected chi connectivity index (χ3v) is 8.41. The zero-order valence-corrected chi connectivity index (χ0v) is 30.8. The van der Waals surface area contributed by atoms with Gasteiger partial charge in [0.2, 0.25) is 11.8 Å². The minimum absolute atomic E-state index is 0.131. The van der Waals surface area contributed by atoms with Crippen LogP contribution in [0.4, 0.5) is 0 Å². The largest absolute Gasteiger partial charge is 0.415 e. The van der Waals surface area contributed by atoms with E-state index >= 15 is 0 Å². The molecule has 4 aromatic carbocycles. The number of carbonyl (C=O) groups excluding carboxylic acids is 5. The maximum Gasteiger partial charge on any atom is 0.415 e. The monoisotopic (exact) mass is 758 g/mol. The molecule has 2 amide bonds. The molecule has 4 rings (SSSR count). The zero-order valence-electron chi connectivity index (χ0n) is 30.8. The van der Waals surface area contributed by atoms with Gasteiger partial charge in [0.1, 0.15) is 12.1 Å². The van der Waals surface area contributed by atoms with Crippen LogP contribution in [0.5, 0.6) is 0 Å². The van der Waals surface area contributed by atoms with Gasteiger partial charge in [-0.15, -0.1) is 0 Å². The second kappa shape index (κ2) is 22.0. The lowest BCUT2D eigenvalue weighted by atomic mass is 9.97. The van der Waals surface area contributed by atoms with E-state index in [1.807, 2.05) is 72.8 Å². The van der Waals surface area contributed by atoms with Crippen LogP contribution < -0.4 is 21.6 Å². The molecule has 0 bridgehead atoms. The van der Waals surface area contributed by atoms with Crippen LogP contribution in [0.25, 0.3) is 11.1 Å². The number of benzene rings is 4. The standard InChI is InChI=1S/C41H42N8O7/c1-27(44-40(53)33(23-29-15-7-3-8-16-29)48-55-25-31-19-11-5-12-20-31)37(50)35(46-42)39(52)36(47-43)38(51)28(2)45-41(54)34(24-30-17-9-4-10-18-30)49-56-26-32-21-13-6-14-22-32/h3-22,27-28,33-34,48-49H,23-26H2,1-2H3,(H,44,53)(H,45,54)/t27-,28-,33-,34-/m0/s1. The number of nitrogens with one attached hydrogen (secondary N) is 4. The van der Waals surface area contributed by atoms with E-state index in [0.29, 0.717) is 0 Å². The van der Waals surface area contributed by atoms with Crippen LogP contribution >= 0.6 is 0 Å². The van der Waals surface area contributed by atoms with Crippen molar-refractivity contribution in [3.05, 3.63) is 155 Å². The first kappa shape index (κ1) is 42.2. The van der Waals surface area contributed by atoms with Crippen molar-refractivity contribution in [2.75, 3.05) is 0 Å². The summed E-state index contributed by atoms with van der Waals surface area (Å²) in [6.45, 7) is 2.74. The van der Waals surface area contributed by atoms with Crippen LogP contribution in [0.2, 0.25) is 0 Å². The molecular formula is C41H42N8O7. The number of carbonyl (C=O) groups is 5. The Bertz CT molecular complexity index is 1910. The van der Waals surface area contributed by atoms with Crippen molar-refractivity contribution >= 4 is 40.6 Å². The Morgan fingerprint density at radius 2 is 0.821 bits per heavy atom. The van der Waals surface area contributed by atoms with Crippen LogP contribution in [0.3, 0.4) is 0 Å². The van der Waals surface area contributed by atoms with E-state index in [0.717, 1.165) is 22.3 Å². The molecule has 15 heteroatoms. The molecule has 0 spiro atoms. The highest BCUT2D eigenvalue weighted by Gasteiger charge is 2.46. The maximum atomic E-state index is 13.4. The number of hydrogen-bond acceptors (Lipinski definition) is 9. The summed E-state index contributed by atoms with van der Waals surface area (Å²) in [6.07, 6.45) is 0.311. The fourth-order valence-corrected chi connectivity index (χ4v) is 5.37. The van der Waals surface area contributed by atoms with E-state index in [-0.39, 0.29) is 26.1 Å². The third kappa shape index (κ3) is 12.8. The summed E-state index contributed by atoms with van der Waals surface area (Å²) in [7, 11) is 0. The van der Waals surface area contributed by atoms with Gasteiger partial charge in [0.05, 0.1) is 25.3 Å². The fraction of sp³-hybridized carbons (Fsp3) is 0.244. The minimum Gasteiger partial charge on any atom is -0.360 e. The minimum atomic E-state index is -1.54. The van der Waals surface area contributed by atoms with Crippen LogP contribution in [0.1, 0.15) is 36.1 Å². The molecule has 0 saturated carbocycles. The predicted molar refractivity (Wildman–Crippen MR) is 204 cm³/mol. The molecule has 288 valence electrons. The lowest BCUT2D eigenvalue weighted by molar-refractivity contribution is -0.133. The summed E-state index contributed by atoms with van der Waals surface area (Å²) in [5, 5.41) is 4.95. The number of hydroxylamine groups is 2. The first-order valence-corrected chi connectivity index (χ1v) is 17.7. The van der Waals surface area contributed by atoms with Gasteiger partial charge in [-0.3, -0.25) is 33.6 Å². The molecule has 0 fully saturated rings. The molecule has 4 N–H and O–H groups in total. The van der Waals surface area contributed by atoms with Gasteiger partial charge in [-0.25, -0.2) is 0 Å². The van der Waals surface area contributed by atoms with Crippen LogP contribution in [-0.4, -0.2) is 74.3 Å². The Hall–Kier alpha value is -6.57. The zero-order chi connectivity index (χ0) is 40.3. The average Bonchev–Trinajstić information content (AvgIpc) is 3.22. The Labute approximate surface area is 323 Å². The summed E-state index contributed by atoms with van der Waals surface area (Å²) in [5.41, 5.74) is 25.8. The molecule has 0 radical (unpaired) electrons. The number of amides is 2. The first-order chi connectivity index (χ1) is 27.1. The first-order valence-electron chi connectivity index (χ1n) is 17.7. The molecule has 0 aromatic heterocycles. The van der Waals surface area contributed by atoms with Crippen molar-refractivity contribution in [3.63, 3.8) is 0 Å². The van der Waals surface area contributed by atoms with Gasteiger partial charge >= 0.3 is 17.2 Å². The molecule has 56 heavy (non-hydrogen) atoms. The molecule has 4 atom stereocenters. The Morgan fingerprint density at radius 3 is 1.12 bits per heavy atom. The molecular weight excluding hydrogens is 716 g/mol. The van der Waals surface area contributed by atoms with Gasteiger partial charge in [-0.1, -0.05) is 121 Å². The molecule has 0 heterocycles. The smallest absolute Gasteiger partial charge is 0.360 e. The highest BCUT2D eigenvalue weighted by molar-refractivity contribution is 6.87. The van der Waals surface area contributed by atoms with Crippen LogP contribution in [-0.2, 0) is 59.7 Å². The summed E-state index contributed by atoms with van der Waals surface area (Å²) in [6, 6.07) is 31.5. The summed E-state index contributed by atoms with van der Waals surface area (Å²) in [4.78, 5) is 83.7. The average molecular weight is 759 g/mol. The molecule has 15 nitrogen and oxygen atoms in total. The number of Topliss-reactive ketones (excluding diaryl/α,β-unsaturated/α-hetero) is 3. The highest BCUT2D eigenvalue weighted by atomic mass is 16.6. The quantitative estimate of drug-likeness (QED) is 0.0304. The van der Waals surface area contributed by atoms with E-state index in [1.165, 1.54) is 13.8 Å². The van der Waals surface area contributed by atoms with Crippen molar-refractivity contribution in [2.45, 2.75) is 64.1 Å². The van der Waals surface area contributed by atoms with Gasteiger partial charge in [0.25, 0.3) is 11.6 Å². The number of ketones is 3. The van der Waals surface area contributed by atoms with E-state index in [9.17, 15) is 35.0 Å². The molecule has 0 saturated heterocycles. The van der Waals surface area contributed by atoms with Crippen molar-refractivity contribution in [1.29, 1.82) is 0 Å². The van der Waals surface area contributed by atoms with Crippen LogP contribution in [0.15, 0.2) is 121 Å². The lowest BCUT2D eigenvalue weighted by Gasteiger charge is -2.20. The topological polar surface area (TPSA) is 225 Å². The summed E-state index contributed by atoms with van der Waals surface area (Å²) in [5.74, 6) is -5.31. The Balaban J connectivity index is 1.40. The molecule has 4 aromatic rings. The van der Waals surface area contributed by atoms with E-state index in [4.69, 9.17) is 9.68 Å². The Morgan fingerprint density at radius 1 is 0.518 bits per heavy atom. The van der Waals surface area contributed by atoms with Gasteiger partial charge in [0, 0.05) is 0 Å². The van der Waals surface area contributed by atoms with Gasteiger partial charge in [-0.2, -0.15) is 20.5 Å². The predicted octanol–water partition coefficient (Wildman–Crippen LogP) is 2.71. The molecule has 0 unspecified atom stereocenters. The Kier molecular flexibility index (Phi) is 16.5. The van der Waals surface area contributed by atoms with Gasteiger partial charge in [0.15, 0.2) is 0 Å². The van der Waals surface area contributed by atoms with Gasteiger partial charge < -0.3 is 21.7 Å². The molecule has 0 aliphatic carbocycles. The van der Waals surface area contributed by atoms with Crippen molar-refractivity contribution < 1.29 is 43.2 Å². The summed E-state index contributed by atoms with van der Waals surface area (Å²) >= 11 is 0. The second-order valence-electron chi connectivity index (χ2n) is 12.7. The number of nitrogens with zero attached hydrogens (tertiary/aromatic N) is 4. The lowest BCUT2D eigenvalue weighted by Crippen LogP contribution is -2.54. The van der Waals surface area contributed by atoms with E-state index in [1.54, 1.807) is 48.5 Å². The van der Waals surface area contributed by atoms with Crippen molar-refractivity contribution in [3.8, 4) is 0 Å². The van der Waals surface area contributed by atoms with Crippen LogP contribution in [0, 0.1) is 0 Å². The number of rotatable bonds is 22. The molecule has 0 aliphatic rings. The molecule has 0 aliphatic heterocycles. The third-order valence-electron chi connectivity index (χ3n) is 8.41. The normalized spacial score (nSPS) is 12.8. The second-order valence-corrected chi connectivity index (χ2v) is 12.7. The summed E-state index contributed by atoms with van der Waals surface area (Å²) < 4.78 is 0.